The maximum atomic E-state index is 11.9. The van der Waals surface area contributed by atoms with Crippen LogP contribution in [0.15, 0.2) is 23.1 Å². The van der Waals surface area contributed by atoms with E-state index in [1.54, 1.807) is 0 Å². The van der Waals surface area contributed by atoms with Gasteiger partial charge in [-0.2, -0.15) is 0 Å². The molecule has 1 rings (SSSR count). The van der Waals surface area contributed by atoms with E-state index in [0.717, 1.165) is 0 Å². The van der Waals surface area contributed by atoms with E-state index < -0.39 is 11.3 Å². The van der Waals surface area contributed by atoms with Crippen LogP contribution in [0.2, 0.25) is 10.0 Å². The van der Waals surface area contributed by atoms with E-state index >= 15 is 0 Å². The molecule has 8 heteroatoms. The van der Waals surface area contributed by atoms with Gasteiger partial charge in [0.2, 0.25) is 11.3 Å². The first-order valence-electron chi connectivity index (χ1n) is 3.43. The summed E-state index contributed by atoms with van der Waals surface area (Å²) in [5, 5.41) is 0.191. The molecular formula is C7H3Br3Cl2O2S. The minimum absolute atomic E-state index is 0.00175. The lowest BCUT2D eigenvalue weighted by atomic mass is 10.4. The molecule has 0 atom stereocenters. The van der Waals surface area contributed by atoms with Crippen molar-refractivity contribution in [2.24, 2.45) is 0 Å². The first-order chi connectivity index (χ1) is 6.68. The van der Waals surface area contributed by atoms with Crippen LogP contribution in [0.4, 0.5) is 0 Å². The lowest BCUT2D eigenvalue weighted by Gasteiger charge is -2.14. The van der Waals surface area contributed by atoms with Gasteiger partial charge in [-0.25, -0.2) is 8.42 Å². The van der Waals surface area contributed by atoms with Crippen LogP contribution in [-0.4, -0.2) is 9.89 Å². The molecule has 0 aromatic heterocycles. The SMILES string of the molecule is O=S(=O)(c1cccc(Cl)c1Cl)C(Br)(Br)Br. The first kappa shape index (κ1) is 14.3. The molecule has 15 heavy (non-hydrogen) atoms. The highest BCUT2D eigenvalue weighted by Gasteiger charge is 2.39. The van der Waals surface area contributed by atoms with Gasteiger partial charge < -0.3 is 0 Å². The van der Waals surface area contributed by atoms with E-state index in [-0.39, 0.29) is 14.9 Å². The third kappa shape index (κ3) is 2.90. The predicted molar refractivity (Wildman–Crippen MR) is 73.2 cm³/mol. The summed E-state index contributed by atoms with van der Waals surface area (Å²) in [6.07, 6.45) is 0. The standard InChI is InChI=1S/C7H3Br3Cl2O2S/c8-7(9,10)15(13,14)5-3-1-2-4(11)6(5)12/h1-3H. The van der Waals surface area contributed by atoms with Gasteiger partial charge in [-0.3, -0.25) is 0 Å². The zero-order valence-electron chi connectivity index (χ0n) is 6.85. The molecule has 0 fully saturated rings. The first-order valence-corrected chi connectivity index (χ1v) is 8.05. The quantitative estimate of drug-likeness (QED) is 0.575. The Kier molecular flexibility index (Phi) is 4.58. The summed E-state index contributed by atoms with van der Waals surface area (Å²) in [5.41, 5.74) is 0. The fourth-order valence-electron chi connectivity index (χ4n) is 0.816. The smallest absolute Gasteiger partial charge is 0.220 e. The average Bonchev–Trinajstić information content (AvgIpc) is 2.07. The molecule has 0 radical (unpaired) electrons. The number of hydrogen-bond acceptors (Lipinski definition) is 2. The summed E-state index contributed by atoms with van der Waals surface area (Å²) in [6.45, 7) is 0. The van der Waals surface area contributed by atoms with Gasteiger partial charge in [0.1, 0.15) is 0 Å². The number of alkyl halides is 3. The van der Waals surface area contributed by atoms with E-state index in [0.29, 0.717) is 0 Å². The van der Waals surface area contributed by atoms with Crippen molar-refractivity contribution in [2.45, 2.75) is 6.37 Å². The van der Waals surface area contributed by atoms with Crippen molar-refractivity contribution in [3.8, 4) is 0 Å². The van der Waals surface area contributed by atoms with Crippen LogP contribution in [0.5, 0.6) is 0 Å². The number of benzene rings is 1. The van der Waals surface area contributed by atoms with Crippen LogP contribution in [0.25, 0.3) is 0 Å². The largest absolute Gasteiger partial charge is 0.239 e. The molecule has 2 nitrogen and oxygen atoms in total. The van der Waals surface area contributed by atoms with Gasteiger partial charge >= 0.3 is 0 Å². The van der Waals surface area contributed by atoms with Crippen molar-refractivity contribution in [3.05, 3.63) is 28.2 Å². The minimum atomic E-state index is -3.70. The topological polar surface area (TPSA) is 34.1 Å². The Morgan fingerprint density at radius 2 is 1.67 bits per heavy atom. The van der Waals surface area contributed by atoms with Crippen molar-refractivity contribution >= 4 is 80.8 Å². The Balaban J connectivity index is 3.49. The molecule has 0 aliphatic carbocycles. The normalized spacial score (nSPS) is 12.9. The summed E-state index contributed by atoms with van der Waals surface area (Å²) in [6, 6.07) is 4.41. The Morgan fingerprint density at radius 1 is 1.13 bits per heavy atom. The second-order valence-electron chi connectivity index (χ2n) is 2.50. The van der Waals surface area contributed by atoms with Gasteiger partial charge in [-0.1, -0.05) is 29.3 Å². The number of hydrogen-bond donors (Lipinski definition) is 0. The highest BCUT2D eigenvalue weighted by atomic mass is 80.0. The molecular weight excluding hydrogens is 459 g/mol. The van der Waals surface area contributed by atoms with Crippen molar-refractivity contribution in [3.63, 3.8) is 0 Å². The summed E-state index contributed by atoms with van der Waals surface area (Å²) >= 11 is 20.4. The summed E-state index contributed by atoms with van der Waals surface area (Å²) < 4.78 is 22.4. The zero-order valence-corrected chi connectivity index (χ0v) is 13.9. The van der Waals surface area contributed by atoms with Gasteiger partial charge in [0, 0.05) is 0 Å². The van der Waals surface area contributed by atoms with Crippen LogP contribution in [-0.2, 0) is 9.84 Å². The number of halogens is 5. The fourth-order valence-corrected chi connectivity index (χ4v) is 3.90. The van der Waals surface area contributed by atoms with Crippen molar-refractivity contribution < 1.29 is 8.42 Å². The van der Waals surface area contributed by atoms with Gasteiger partial charge in [-0.05, 0) is 59.9 Å². The van der Waals surface area contributed by atoms with E-state index in [4.69, 9.17) is 23.2 Å². The van der Waals surface area contributed by atoms with E-state index in [1.807, 2.05) is 0 Å². The average molecular weight is 462 g/mol. The number of rotatable bonds is 1. The van der Waals surface area contributed by atoms with Gasteiger partial charge in [-0.15, -0.1) is 0 Å². The molecule has 0 heterocycles. The third-order valence-electron chi connectivity index (χ3n) is 1.51. The lowest BCUT2D eigenvalue weighted by molar-refractivity contribution is 0.599. The molecule has 0 aliphatic heterocycles. The summed E-state index contributed by atoms with van der Waals surface area (Å²) in [7, 11) is -3.70. The second-order valence-corrected chi connectivity index (χ2v) is 13.7. The Morgan fingerprint density at radius 3 is 2.13 bits per heavy atom. The van der Waals surface area contributed by atoms with Crippen LogP contribution in [0.1, 0.15) is 0 Å². The fraction of sp³-hybridized carbons (Fsp3) is 0.143. The molecule has 0 saturated heterocycles. The molecule has 0 aliphatic rings. The molecule has 84 valence electrons. The molecule has 0 amide bonds. The van der Waals surface area contributed by atoms with Crippen molar-refractivity contribution in [2.75, 3.05) is 0 Å². The Hall–Kier alpha value is 1.19. The number of sulfone groups is 1. The van der Waals surface area contributed by atoms with Crippen molar-refractivity contribution in [1.29, 1.82) is 0 Å². The molecule has 0 N–H and O–H groups in total. The van der Waals surface area contributed by atoms with E-state index in [2.05, 4.69) is 47.8 Å². The second kappa shape index (κ2) is 4.82. The van der Waals surface area contributed by atoms with Crippen molar-refractivity contribution in [1.82, 2.24) is 0 Å². The maximum Gasteiger partial charge on any atom is 0.239 e. The van der Waals surface area contributed by atoms with E-state index in [1.165, 1.54) is 18.2 Å². The highest BCUT2D eigenvalue weighted by Crippen LogP contribution is 2.45. The van der Waals surface area contributed by atoms with Gasteiger partial charge in [0.25, 0.3) is 0 Å². The molecule has 0 saturated carbocycles. The summed E-state index contributed by atoms with van der Waals surface area (Å²) in [5.74, 6) is 0. The predicted octanol–water partition coefficient (Wildman–Crippen LogP) is 4.56. The lowest BCUT2D eigenvalue weighted by Crippen LogP contribution is -2.18. The monoisotopic (exact) mass is 458 g/mol. The van der Waals surface area contributed by atoms with Gasteiger partial charge in [0.15, 0.2) is 0 Å². The minimum Gasteiger partial charge on any atom is -0.220 e. The molecule has 0 unspecified atom stereocenters. The Bertz CT molecular complexity index is 481. The molecule has 1 aromatic carbocycles. The molecule has 0 bridgehead atoms. The third-order valence-corrected chi connectivity index (χ3v) is 7.81. The van der Waals surface area contributed by atoms with Crippen LogP contribution in [0, 0.1) is 0 Å². The van der Waals surface area contributed by atoms with Crippen LogP contribution in [0.3, 0.4) is 0 Å². The van der Waals surface area contributed by atoms with Crippen LogP contribution >= 0.6 is 71.0 Å². The van der Waals surface area contributed by atoms with E-state index in [9.17, 15) is 8.42 Å². The molecule has 0 spiro atoms. The van der Waals surface area contributed by atoms with Gasteiger partial charge in [0.05, 0.1) is 14.9 Å². The van der Waals surface area contributed by atoms with Crippen LogP contribution < -0.4 is 0 Å². The zero-order chi connectivity index (χ0) is 11.9. The summed E-state index contributed by atoms with van der Waals surface area (Å²) in [4.78, 5) is -0.0534. The molecule has 1 aromatic rings. The maximum absolute atomic E-state index is 11.9. The highest BCUT2D eigenvalue weighted by molar-refractivity contribution is 9.42. The Labute approximate surface area is 123 Å².